The third kappa shape index (κ3) is 1.30. The lowest BCUT2D eigenvalue weighted by atomic mass is 10.1. The standard InChI is InChI=1S/C16H8N2O2/c1-3-11-13-7-9(1)10-2-4-12-14(8-10)20-16(18-12)6-5-15(17-11)19-13/h1-8H. The zero-order valence-electron chi connectivity index (χ0n) is 10.3. The van der Waals surface area contributed by atoms with Gasteiger partial charge >= 0.3 is 0 Å². The van der Waals surface area contributed by atoms with Crippen molar-refractivity contribution in [3.8, 4) is 0 Å². The second-order valence-corrected chi connectivity index (χ2v) is 4.80. The van der Waals surface area contributed by atoms with E-state index in [-0.39, 0.29) is 0 Å². The van der Waals surface area contributed by atoms with E-state index in [1.165, 1.54) is 0 Å². The lowest BCUT2D eigenvalue weighted by Gasteiger charge is -1.93. The van der Waals surface area contributed by atoms with Crippen LogP contribution >= 0.6 is 0 Å². The van der Waals surface area contributed by atoms with Crippen molar-refractivity contribution in [3.05, 3.63) is 48.5 Å². The molecule has 0 saturated heterocycles. The molecule has 0 N–H and O–H groups in total. The molecule has 0 unspecified atom stereocenters. The fourth-order valence-corrected chi connectivity index (χ4v) is 2.53. The van der Waals surface area contributed by atoms with Gasteiger partial charge in [-0.25, -0.2) is 9.97 Å². The number of hydrogen-bond acceptors (Lipinski definition) is 4. The summed E-state index contributed by atoms with van der Waals surface area (Å²) in [5, 5.41) is 2.15. The first-order valence-electron chi connectivity index (χ1n) is 6.35. The smallest absolute Gasteiger partial charge is 0.220 e. The summed E-state index contributed by atoms with van der Waals surface area (Å²) in [6, 6.07) is 15.6. The Kier molecular flexibility index (Phi) is 1.68. The third-order valence-corrected chi connectivity index (χ3v) is 3.51. The summed E-state index contributed by atoms with van der Waals surface area (Å²) in [7, 11) is 0. The molecular weight excluding hydrogens is 252 g/mol. The number of nitrogens with zero attached hydrogens (tertiary/aromatic N) is 2. The van der Waals surface area contributed by atoms with Crippen molar-refractivity contribution in [1.29, 1.82) is 0 Å². The molecule has 4 nitrogen and oxygen atoms in total. The van der Waals surface area contributed by atoms with Crippen LogP contribution < -0.4 is 0 Å². The van der Waals surface area contributed by atoms with Crippen molar-refractivity contribution >= 4 is 44.4 Å². The van der Waals surface area contributed by atoms with Crippen LogP contribution in [0.25, 0.3) is 44.4 Å². The van der Waals surface area contributed by atoms with Gasteiger partial charge in [-0.1, -0.05) is 12.1 Å². The van der Waals surface area contributed by atoms with Crippen molar-refractivity contribution in [1.82, 2.24) is 9.97 Å². The van der Waals surface area contributed by atoms with Crippen molar-refractivity contribution in [2.75, 3.05) is 0 Å². The van der Waals surface area contributed by atoms with Crippen molar-refractivity contribution in [2.45, 2.75) is 0 Å². The fourth-order valence-electron chi connectivity index (χ4n) is 2.53. The summed E-state index contributed by atoms with van der Waals surface area (Å²) in [5.74, 6) is 0. The molecule has 0 aliphatic rings. The molecule has 0 amide bonds. The number of rotatable bonds is 0. The highest BCUT2D eigenvalue weighted by Crippen LogP contribution is 2.25. The Bertz CT molecular complexity index is 1020. The first kappa shape index (κ1) is 9.97. The molecule has 6 bridgehead atoms. The average molecular weight is 260 g/mol. The minimum atomic E-state index is 0.553. The van der Waals surface area contributed by atoms with Crippen LogP contribution in [0.4, 0.5) is 0 Å². The zero-order chi connectivity index (χ0) is 13.1. The van der Waals surface area contributed by atoms with E-state index in [0.29, 0.717) is 11.4 Å². The summed E-state index contributed by atoms with van der Waals surface area (Å²) in [6.07, 6.45) is 0. The topological polar surface area (TPSA) is 52.1 Å². The average Bonchev–Trinajstić information content (AvgIpc) is 3.06. The van der Waals surface area contributed by atoms with Crippen LogP contribution in [0.1, 0.15) is 0 Å². The number of aromatic nitrogens is 2. The van der Waals surface area contributed by atoms with E-state index in [0.717, 1.165) is 33.0 Å². The Morgan fingerprint density at radius 2 is 1.10 bits per heavy atom. The number of benzene rings is 2. The Hall–Kier alpha value is -2.88. The van der Waals surface area contributed by atoms with Gasteiger partial charge in [-0.05, 0) is 35.0 Å². The maximum Gasteiger partial charge on any atom is 0.220 e. The highest BCUT2D eigenvalue weighted by Gasteiger charge is 2.05. The molecule has 0 fully saturated rings. The van der Waals surface area contributed by atoms with Gasteiger partial charge in [-0.15, -0.1) is 0 Å². The molecule has 0 spiro atoms. The van der Waals surface area contributed by atoms with Crippen molar-refractivity contribution < 1.29 is 8.83 Å². The second kappa shape index (κ2) is 3.36. The van der Waals surface area contributed by atoms with Crippen LogP contribution in [0.2, 0.25) is 0 Å². The third-order valence-electron chi connectivity index (χ3n) is 3.51. The van der Waals surface area contributed by atoms with E-state index in [2.05, 4.69) is 9.97 Å². The first-order chi connectivity index (χ1) is 9.85. The molecule has 0 atom stereocenters. The summed E-state index contributed by atoms with van der Waals surface area (Å²) in [5.41, 5.74) is 4.37. The maximum atomic E-state index is 5.72. The minimum Gasteiger partial charge on any atom is -0.437 e. The van der Waals surface area contributed by atoms with E-state index in [1.807, 2.05) is 36.4 Å². The molecule has 94 valence electrons. The summed E-state index contributed by atoms with van der Waals surface area (Å²) in [4.78, 5) is 8.82. The molecule has 3 aromatic heterocycles. The Labute approximate surface area is 112 Å². The second-order valence-electron chi connectivity index (χ2n) is 4.80. The minimum absolute atomic E-state index is 0.553. The molecule has 0 aliphatic heterocycles. The molecule has 0 aliphatic carbocycles. The van der Waals surface area contributed by atoms with Crippen LogP contribution in [-0.2, 0) is 0 Å². The van der Waals surface area contributed by atoms with Gasteiger partial charge in [0, 0.05) is 12.1 Å². The van der Waals surface area contributed by atoms with Crippen LogP contribution in [0.5, 0.6) is 0 Å². The fraction of sp³-hybridized carbons (Fsp3) is 0. The first-order valence-corrected chi connectivity index (χ1v) is 6.35. The lowest BCUT2D eigenvalue weighted by molar-refractivity contribution is 0.654. The highest BCUT2D eigenvalue weighted by molar-refractivity contribution is 5.94. The van der Waals surface area contributed by atoms with E-state index in [4.69, 9.17) is 8.83 Å². The molecule has 4 heteroatoms. The van der Waals surface area contributed by atoms with Crippen LogP contribution in [-0.4, -0.2) is 9.97 Å². The zero-order valence-corrected chi connectivity index (χ0v) is 10.3. The predicted octanol–water partition coefficient (Wildman–Crippen LogP) is 4.28. The molecule has 0 saturated carbocycles. The normalized spacial score (nSPS) is 12.0. The summed E-state index contributed by atoms with van der Waals surface area (Å²) < 4.78 is 11.4. The Morgan fingerprint density at radius 1 is 0.600 bits per heavy atom. The summed E-state index contributed by atoms with van der Waals surface area (Å²) in [6.45, 7) is 0. The molecule has 20 heavy (non-hydrogen) atoms. The Morgan fingerprint density at radius 3 is 1.60 bits per heavy atom. The van der Waals surface area contributed by atoms with E-state index >= 15 is 0 Å². The van der Waals surface area contributed by atoms with Gasteiger partial charge in [0.25, 0.3) is 0 Å². The maximum absolute atomic E-state index is 5.72. The largest absolute Gasteiger partial charge is 0.437 e. The molecule has 5 aromatic rings. The van der Waals surface area contributed by atoms with Crippen LogP contribution in [0.3, 0.4) is 0 Å². The molecule has 0 radical (unpaired) electrons. The van der Waals surface area contributed by atoms with Crippen LogP contribution in [0, 0.1) is 0 Å². The summed E-state index contributed by atoms with van der Waals surface area (Å²) >= 11 is 0. The Balaban J connectivity index is 2.14. The predicted molar refractivity (Wildman–Crippen MR) is 76.6 cm³/mol. The van der Waals surface area contributed by atoms with Gasteiger partial charge in [0.2, 0.25) is 11.4 Å². The van der Waals surface area contributed by atoms with Gasteiger partial charge in [-0.3, -0.25) is 0 Å². The SMILES string of the molecule is c1cc2nc3ccc(cc3o2)c2ccc3nc1oc3c2. The number of hydrogen-bond donors (Lipinski definition) is 0. The van der Waals surface area contributed by atoms with Crippen molar-refractivity contribution in [2.24, 2.45) is 0 Å². The monoisotopic (exact) mass is 260 g/mol. The highest BCUT2D eigenvalue weighted by atomic mass is 16.3. The van der Waals surface area contributed by atoms with Gasteiger partial charge < -0.3 is 8.83 Å². The van der Waals surface area contributed by atoms with Crippen molar-refractivity contribution in [3.63, 3.8) is 0 Å². The van der Waals surface area contributed by atoms with Crippen LogP contribution in [0.15, 0.2) is 57.4 Å². The quantitative estimate of drug-likeness (QED) is 0.417. The molecule has 2 aromatic carbocycles. The van der Waals surface area contributed by atoms with E-state index in [1.54, 1.807) is 12.1 Å². The van der Waals surface area contributed by atoms with E-state index < -0.39 is 0 Å². The molecule has 3 heterocycles. The van der Waals surface area contributed by atoms with E-state index in [9.17, 15) is 0 Å². The molecule has 5 rings (SSSR count). The van der Waals surface area contributed by atoms with Gasteiger partial charge in [0.1, 0.15) is 11.0 Å². The van der Waals surface area contributed by atoms with Gasteiger partial charge in [0.05, 0.1) is 0 Å². The lowest BCUT2D eigenvalue weighted by Crippen LogP contribution is -1.72. The molecular formula is C16H8N2O2. The number of fused-ring (bicyclic) bond motifs is 5. The number of oxazole rings is 2. The van der Waals surface area contributed by atoms with Gasteiger partial charge in [0.15, 0.2) is 11.2 Å². The van der Waals surface area contributed by atoms with Gasteiger partial charge in [-0.2, -0.15) is 0 Å².